The number of rotatable bonds is 3. The first kappa shape index (κ1) is 13.7. The number of anilines is 1. The topological polar surface area (TPSA) is 67.8 Å². The molecule has 2 heterocycles. The van der Waals surface area contributed by atoms with Gasteiger partial charge in [0, 0.05) is 28.5 Å². The number of carbonyl (C=O) groups is 1. The van der Waals surface area contributed by atoms with Crippen molar-refractivity contribution >= 4 is 34.5 Å². The predicted octanol–water partition coefficient (Wildman–Crippen LogP) is 3.51. The van der Waals surface area contributed by atoms with Gasteiger partial charge in [0.2, 0.25) is 0 Å². The zero-order chi connectivity index (χ0) is 14.7. The Morgan fingerprint density at radius 1 is 1.19 bits per heavy atom. The number of aromatic nitrogens is 3. The van der Waals surface area contributed by atoms with E-state index in [1.165, 1.54) is 11.3 Å². The Bertz CT molecular complexity index is 758. The number of benzene rings is 1. The average molecular weight is 317 g/mol. The van der Waals surface area contributed by atoms with Crippen molar-refractivity contribution in [3.8, 4) is 10.7 Å². The first-order valence-electron chi connectivity index (χ1n) is 6.01. The SMILES string of the molecule is O=C(Nc1ccc(Cl)cc1)c1csc(-c2cnccn2)n1. The number of amides is 1. The van der Waals surface area contributed by atoms with Crippen LogP contribution in [0.4, 0.5) is 5.69 Å². The summed E-state index contributed by atoms with van der Waals surface area (Å²) in [6, 6.07) is 6.89. The number of carbonyl (C=O) groups excluding carboxylic acids is 1. The van der Waals surface area contributed by atoms with Gasteiger partial charge in [-0.05, 0) is 24.3 Å². The number of nitrogens with one attached hydrogen (secondary N) is 1. The molecule has 0 aliphatic rings. The second-order valence-electron chi connectivity index (χ2n) is 4.09. The lowest BCUT2D eigenvalue weighted by atomic mass is 10.3. The Morgan fingerprint density at radius 2 is 2.00 bits per heavy atom. The van der Waals surface area contributed by atoms with Crippen molar-refractivity contribution in [3.05, 3.63) is 59.0 Å². The van der Waals surface area contributed by atoms with Crippen molar-refractivity contribution in [2.24, 2.45) is 0 Å². The quantitative estimate of drug-likeness (QED) is 0.803. The number of hydrogen-bond acceptors (Lipinski definition) is 5. The molecule has 1 amide bonds. The van der Waals surface area contributed by atoms with Gasteiger partial charge >= 0.3 is 0 Å². The van der Waals surface area contributed by atoms with Crippen molar-refractivity contribution in [1.29, 1.82) is 0 Å². The van der Waals surface area contributed by atoms with E-state index in [0.717, 1.165) is 0 Å². The Labute approximate surface area is 129 Å². The van der Waals surface area contributed by atoms with Crippen molar-refractivity contribution in [1.82, 2.24) is 15.0 Å². The van der Waals surface area contributed by atoms with E-state index in [9.17, 15) is 4.79 Å². The van der Waals surface area contributed by atoms with E-state index in [2.05, 4.69) is 20.3 Å². The molecule has 21 heavy (non-hydrogen) atoms. The maximum atomic E-state index is 12.1. The van der Waals surface area contributed by atoms with E-state index in [4.69, 9.17) is 11.6 Å². The summed E-state index contributed by atoms with van der Waals surface area (Å²) in [6.07, 6.45) is 4.79. The van der Waals surface area contributed by atoms with E-state index >= 15 is 0 Å². The van der Waals surface area contributed by atoms with Crippen molar-refractivity contribution in [2.75, 3.05) is 5.32 Å². The molecule has 0 radical (unpaired) electrons. The van der Waals surface area contributed by atoms with Crippen molar-refractivity contribution in [2.45, 2.75) is 0 Å². The smallest absolute Gasteiger partial charge is 0.275 e. The van der Waals surface area contributed by atoms with Gasteiger partial charge < -0.3 is 5.32 Å². The number of nitrogens with zero attached hydrogens (tertiary/aromatic N) is 3. The molecule has 3 rings (SSSR count). The minimum atomic E-state index is -0.274. The monoisotopic (exact) mass is 316 g/mol. The first-order valence-corrected chi connectivity index (χ1v) is 7.27. The molecule has 1 aromatic carbocycles. The summed E-state index contributed by atoms with van der Waals surface area (Å²) in [6.45, 7) is 0. The van der Waals surface area contributed by atoms with Crippen LogP contribution in [0, 0.1) is 0 Å². The highest BCUT2D eigenvalue weighted by atomic mass is 35.5. The summed E-state index contributed by atoms with van der Waals surface area (Å²) in [5.41, 5.74) is 1.65. The molecular formula is C14H9ClN4OS. The first-order chi connectivity index (χ1) is 10.2. The molecule has 0 saturated heterocycles. The predicted molar refractivity (Wildman–Crippen MR) is 82.5 cm³/mol. The molecule has 7 heteroatoms. The zero-order valence-corrected chi connectivity index (χ0v) is 12.2. The van der Waals surface area contributed by atoms with Crippen LogP contribution in [0.3, 0.4) is 0 Å². The number of thiazole rings is 1. The Balaban J connectivity index is 1.77. The number of hydrogen-bond donors (Lipinski definition) is 1. The van der Waals surface area contributed by atoms with Gasteiger partial charge in [-0.25, -0.2) is 4.98 Å². The molecule has 0 aliphatic heterocycles. The molecular weight excluding hydrogens is 308 g/mol. The average Bonchev–Trinajstić information content (AvgIpc) is 3.00. The van der Waals surface area contributed by atoms with Crippen LogP contribution in [0.1, 0.15) is 10.5 Å². The van der Waals surface area contributed by atoms with Gasteiger partial charge in [0.25, 0.3) is 5.91 Å². The molecule has 104 valence electrons. The lowest BCUT2D eigenvalue weighted by Crippen LogP contribution is -2.12. The zero-order valence-electron chi connectivity index (χ0n) is 10.7. The van der Waals surface area contributed by atoms with Crippen LogP contribution in [0.15, 0.2) is 48.2 Å². The van der Waals surface area contributed by atoms with Crippen LogP contribution in [-0.4, -0.2) is 20.9 Å². The summed E-state index contributed by atoms with van der Waals surface area (Å²) >= 11 is 7.15. The minimum Gasteiger partial charge on any atom is -0.321 e. The molecule has 2 aromatic heterocycles. The van der Waals surface area contributed by atoms with Crippen LogP contribution in [0.2, 0.25) is 5.02 Å². The standard InChI is InChI=1S/C14H9ClN4OS/c15-9-1-3-10(4-2-9)18-13(20)12-8-21-14(19-12)11-7-16-5-6-17-11/h1-8H,(H,18,20). The largest absolute Gasteiger partial charge is 0.321 e. The summed E-state index contributed by atoms with van der Waals surface area (Å²) in [7, 11) is 0. The van der Waals surface area contributed by atoms with Gasteiger partial charge in [0.05, 0.1) is 6.20 Å². The molecule has 0 fully saturated rings. The van der Waals surface area contributed by atoms with Crippen LogP contribution in [-0.2, 0) is 0 Å². The Hall–Kier alpha value is -2.31. The summed E-state index contributed by atoms with van der Waals surface area (Å²) in [5.74, 6) is -0.274. The highest BCUT2D eigenvalue weighted by Crippen LogP contribution is 2.21. The highest BCUT2D eigenvalue weighted by molar-refractivity contribution is 7.13. The maximum absolute atomic E-state index is 12.1. The molecule has 0 unspecified atom stereocenters. The highest BCUT2D eigenvalue weighted by Gasteiger charge is 2.12. The van der Waals surface area contributed by atoms with Crippen LogP contribution >= 0.6 is 22.9 Å². The van der Waals surface area contributed by atoms with Gasteiger partial charge in [-0.3, -0.25) is 14.8 Å². The molecule has 0 saturated carbocycles. The molecule has 5 nitrogen and oxygen atoms in total. The maximum Gasteiger partial charge on any atom is 0.275 e. The minimum absolute atomic E-state index is 0.274. The van der Waals surface area contributed by atoms with Crippen LogP contribution < -0.4 is 5.32 Å². The molecule has 0 atom stereocenters. The van der Waals surface area contributed by atoms with E-state index in [1.807, 2.05) is 0 Å². The second kappa shape index (κ2) is 5.99. The molecule has 3 aromatic rings. The van der Waals surface area contributed by atoms with Crippen molar-refractivity contribution < 1.29 is 4.79 Å². The van der Waals surface area contributed by atoms with Crippen molar-refractivity contribution in [3.63, 3.8) is 0 Å². The van der Waals surface area contributed by atoms with E-state index in [-0.39, 0.29) is 5.91 Å². The lowest BCUT2D eigenvalue weighted by Gasteiger charge is -2.02. The van der Waals surface area contributed by atoms with Gasteiger partial charge in [-0.15, -0.1) is 11.3 Å². The third-order valence-corrected chi connectivity index (χ3v) is 3.74. The van der Waals surface area contributed by atoms with Gasteiger partial charge in [-0.2, -0.15) is 0 Å². The van der Waals surface area contributed by atoms with E-state index in [0.29, 0.717) is 27.1 Å². The summed E-state index contributed by atoms with van der Waals surface area (Å²) < 4.78 is 0. The number of halogens is 1. The third-order valence-electron chi connectivity index (χ3n) is 2.62. The Kier molecular flexibility index (Phi) is 3.89. The second-order valence-corrected chi connectivity index (χ2v) is 5.38. The van der Waals surface area contributed by atoms with Gasteiger partial charge in [-0.1, -0.05) is 11.6 Å². The Morgan fingerprint density at radius 3 is 2.71 bits per heavy atom. The molecule has 0 spiro atoms. The van der Waals surface area contributed by atoms with Crippen LogP contribution in [0.5, 0.6) is 0 Å². The fraction of sp³-hybridized carbons (Fsp3) is 0. The normalized spacial score (nSPS) is 10.3. The summed E-state index contributed by atoms with van der Waals surface area (Å²) in [4.78, 5) is 24.5. The molecule has 1 N–H and O–H groups in total. The third kappa shape index (κ3) is 3.24. The van der Waals surface area contributed by atoms with Gasteiger partial charge in [0.15, 0.2) is 0 Å². The lowest BCUT2D eigenvalue weighted by molar-refractivity contribution is 0.102. The molecule has 0 aliphatic carbocycles. The fourth-order valence-corrected chi connectivity index (χ4v) is 2.52. The summed E-state index contributed by atoms with van der Waals surface area (Å²) in [5, 5.41) is 5.72. The van der Waals surface area contributed by atoms with Crippen LogP contribution in [0.25, 0.3) is 10.7 Å². The molecule has 0 bridgehead atoms. The van der Waals surface area contributed by atoms with E-state index < -0.39 is 0 Å². The van der Waals surface area contributed by atoms with E-state index in [1.54, 1.807) is 48.2 Å². The van der Waals surface area contributed by atoms with Gasteiger partial charge in [0.1, 0.15) is 16.4 Å². The fourth-order valence-electron chi connectivity index (χ4n) is 1.63.